The lowest BCUT2D eigenvalue weighted by Crippen LogP contribution is -2.14. The standard InChI is InChI=1S/C17H16Cl2N2O2/c18-12-4-8-14(9-5-12)20-16(22)2-1-3-17(23)21-15-10-6-13(19)7-11-15/h4-11H,1-3H2,(H,20,22)(H,21,23). The van der Waals surface area contributed by atoms with Gasteiger partial charge in [0.1, 0.15) is 0 Å². The van der Waals surface area contributed by atoms with Gasteiger partial charge in [-0.2, -0.15) is 0 Å². The monoisotopic (exact) mass is 350 g/mol. The molecule has 0 atom stereocenters. The van der Waals surface area contributed by atoms with Crippen LogP contribution in [0.2, 0.25) is 10.0 Å². The van der Waals surface area contributed by atoms with Crippen molar-refractivity contribution in [1.82, 2.24) is 0 Å². The molecular formula is C17H16Cl2N2O2. The van der Waals surface area contributed by atoms with Crippen LogP contribution in [0.5, 0.6) is 0 Å². The molecule has 0 aliphatic heterocycles. The first-order valence-corrected chi connectivity index (χ1v) is 7.89. The summed E-state index contributed by atoms with van der Waals surface area (Å²) in [5, 5.41) is 6.74. The summed E-state index contributed by atoms with van der Waals surface area (Å²) in [5.41, 5.74) is 1.37. The fourth-order valence-electron chi connectivity index (χ4n) is 1.92. The van der Waals surface area contributed by atoms with Crippen LogP contribution >= 0.6 is 23.2 Å². The number of halogens is 2. The summed E-state index contributed by atoms with van der Waals surface area (Å²) in [5.74, 6) is -0.266. The molecule has 0 aromatic heterocycles. The Balaban J connectivity index is 1.69. The van der Waals surface area contributed by atoms with E-state index in [1.54, 1.807) is 48.5 Å². The van der Waals surface area contributed by atoms with Crippen molar-refractivity contribution < 1.29 is 9.59 Å². The van der Waals surface area contributed by atoms with E-state index in [9.17, 15) is 9.59 Å². The van der Waals surface area contributed by atoms with Crippen molar-refractivity contribution in [2.24, 2.45) is 0 Å². The van der Waals surface area contributed by atoms with Gasteiger partial charge in [0.25, 0.3) is 0 Å². The Kier molecular flexibility index (Phi) is 6.44. The molecular weight excluding hydrogens is 335 g/mol. The molecule has 0 unspecified atom stereocenters. The Bertz CT molecular complexity index is 610. The Morgan fingerprint density at radius 1 is 0.696 bits per heavy atom. The molecule has 0 aliphatic carbocycles. The predicted molar refractivity (Wildman–Crippen MR) is 94.0 cm³/mol. The van der Waals surface area contributed by atoms with E-state index in [0.29, 0.717) is 27.8 Å². The van der Waals surface area contributed by atoms with Gasteiger partial charge in [-0.05, 0) is 55.0 Å². The van der Waals surface area contributed by atoms with Crippen LogP contribution in [0.1, 0.15) is 19.3 Å². The fraction of sp³-hybridized carbons (Fsp3) is 0.176. The average Bonchev–Trinajstić information content (AvgIpc) is 2.52. The van der Waals surface area contributed by atoms with E-state index in [4.69, 9.17) is 23.2 Å². The molecule has 2 N–H and O–H groups in total. The van der Waals surface area contributed by atoms with Gasteiger partial charge in [-0.15, -0.1) is 0 Å². The lowest BCUT2D eigenvalue weighted by Gasteiger charge is -2.06. The molecule has 0 fully saturated rings. The van der Waals surface area contributed by atoms with Crippen molar-refractivity contribution in [1.29, 1.82) is 0 Å². The van der Waals surface area contributed by atoms with Gasteiger partial charge in [0.05, 0.1) is 0 Å². The SMILES string of the molecule is O=C(CCCC(=O)Nc1ccc(Cl)cc1)Nc1ccc(Cl)cc1. The maximum Gasteiger partial charge on any atom is 0.224 e. The minimum absolute atomic E-state index is 0.133. The van der Waals surface area contributed by atoms with E-state index in [1.807, 2.05) is 0 Å². The highest BCUT2D eigenvalue weighted by Gasteiger charge is 2.06. The maximum atomic E-state index is 11.8. The zero-order valence-corrected chi connectivity index (χ0v) is 13.8. The van der Waals surface area contributed by atoms with Gasteiger partial charge in [0.15, 0.2) is 0 Å². The maximum absolute atomic E-state index is 11.8. The van der Waals surface area contributed by atoms with E-state index in [2.05, 4.69) is 10.6 Å². The number of nitrogens with one attached hydrogen (secondary N) is 2. The summed E-state index contributed by atoms with van der Waals surface area (Å²) in [6.07, 6.45) is 1.02. The Hall–Kier alpha value is -2.04. The van der Waals surface area contributed by atoms with Gasteiger partial charge < -0.3 is 10.6 Å². The van der Waals surface area contributed by atoms with Crippen LogP contribution in [0, 0.1) is 0 Å². The number of benzene rings is 2. The normalized spacial score (nSPS) is 10.2. The molecule has 0 aliphatic rings. The summed E-state index contributed by atoms with van der Waals surface area (Å²) in [6.45, 7) is 0. The van der Waals surface area contributed by atoms with Crippen LogP contribution in [0.25, 0.3) is 0 Å². The van der Waals surface area contributed by atoms with Crippen LogP contribution in [0.4, 0.5) is 11.4 Å². The molecule has 2 rings (SSSR count). The van der Waals surface area contributed by atoms with Gasteiger partial charge in [0.2, 0.25) is 11.8 Å². The molecule has 2 amide bonds. The van der Waals surface area contributed by atoms with E-state index in [1.165, 1.54) is 0 Å². The average molecular weight is 351 g/mol. The zero-order valence-electron chi connectivity index (χ0n) is 12.3. The number of rotatable bonds is 6. The second-order valence-electron chi connectivity index (χ2n) is 4.96. The predicted octanol–water partition coefficient (Wildman–Crippen LogP) is 4.74. The molecule has 0 heterocycles. The topological polar surface area (TPSA) is 58.2 Å². The summed E-state index contributed by atoms with van der Waals surface area (Å²) in [6, 6.07) is 13.7. The number of carbonyl (C=O) groups is 2. The molecule has 0 saturated carbocycles. The molecule has 0 spiro atoms. The second kappa shape index (κ2) is 8.56. The lowest BCUT2D eigenvalue weighted by molar-refractivity contribution is -0.117. The molecule has 120 valence electrons. The first-order valence-electron chi connectivity index (χ1n) is 7.14. The van der Waals surface area contributed by atoms with Crippen molar-refractivity contribution >= 4 is 46.4 Å². The van der Waals surface area contributed by atoms with E-state index in [-0.39, 0.29) is 24.7 Å². The van der Waals surface area contributed by atoms with Crippen molar-refractivity contribution in [3.63, 3.8) is 0 Å². The molecule has 0 bridgehead atoms. The molecule has 0 saturated heterocycles. The van der Waals surface area contributed by atoms with Gasteiger partial charge in [0, 0.05) is 34.3 Å². The quantitative estimate of drug-likeness (QED) is 0.790. The van der Waals surface area contributed by atoms with Crippen molar-refractivity contribution in [3.05, 3.63) is 58.6 Å². The largest absolute Gasteiger partial charge is 0.326 e. The van der Waals surface area contributed by atoms with E-state index in [0.717, 1.165) is 0 Å². The third-order valence-electron chi connectivity index (χ3n) is 3.06. The second-order valence-corrected chi connectivity index (χ2v) is 5.84. The van der Waals surface area contributed by atoms with Crippen LogP contribution in [0.15, 0.2) is 48.5 Å². The number of anilines is 2. The van der Waals surface area contributed by atoms with Crippen molar-refractivity contribution in [2.45, 2.75) is 19.3 Å². The van der Waals surface area contributed by atoms with Gasteiger partial charge in [-0.3, -0.25) is 9.59 Å². The Morgan fingerprint density at radius 3 is 1.39 bits per heavy atom. The first-order chi connectivity index (χ1) is 11.0. The number of amides is 2. The molecule has 2 aromatic rings. The van der Waals surface area contributed by atoms with Crippen LogP contribution < -0.4 is 10.6 Å². The minimum atomic E-state index is -0.133. The molecule has 0 radical (unpaired) electrons. The smallest absolute Gasteiger partial charge is 0.224 e. The van der Waals surface area contributed by atoms with Crippen molar-refractivity contribution in [3.8, 4) is 0 Å². The molecule has 4 nitrogen and oxygen atoms in total. The lowest BCUT2D eigenvalue weighted by atomic mass is 10.2. The third-order valence-corrected chi connectivity index (χ3v) is 3.57. The third kappa shape index (κ3) is 6.30. The van der Waals surface area contributed by atoms with E-state index < -0.39 is 0 Å². The summed E-state index contributed by atoms with van der Waals surface area (Å²) < 4.78 is 0. The Morgan fingerprint density at radius 2 is 1.04 bits per heavy atom. The van der Waals surface area contributed by atoms with Crippen LogP contribution in [-0.4, -0.2) is 11.8 Å². The number of hydrogen-bond donors (Lipinski definition) is 2. The summed E-state index contributed by atoms with van der Waals surface area (Å²) in [7, 11) is 0. The zero-order chi connectivity index (χ0) is 16.7. The highest BCUT2D eigenvalue weighted by molar-refractivity contribution is 6.30. The summed E-state index contributed by atoms with van der Waals surface area (Å²) >= 11 is 11.6. The first kappa shape index (κ1) is 17.3. The van der Waals surface area contributed by atoms with Gasteiger partial charge in [-0.1, -0.05) is 23.2 Å². The molecule has 2 aromatic carbocycles. The van der Waals surface area contributed by atoms with Crippen LogP contribution in [-0.2, 0) is 9.59 Å². The Labute approximate surface area is 144 Å². The van der Waals surface area contributed by atoms with E-state index >= 15 is 0 Å². The number of hydrogen-bond acceptors (Lipinski definition) is 2. The minimum Gasteiger partial charge on any atom is -0.326 e. The molecule has 23 heavy (non-hydrogen) atoms. The number of carbonyl (C=O) groups excluding carboxylic acids is 2. The fourth-order valence-corrected chi connectivity index (χ4v) is 2.17. The van der Waals surface area contributed by atoms with Gasteiger partial charge >= 0.3 is 0 Å². The van der Waals surface area contributed by atoms with Crippen LogP contribution in [0.3, 0.4) is 0 Å². The van der Waals surface area contributed by atoms with Gasteiger partial charge in [-0.25, -0.2) is 0 Å². The van der Waals surface area contributed by atoms with Crippen molar-refractivity contribution in [2.75, 3.05) is 10.6 Å². The summed E-state index contributed by atoms with van der Waals surface area (Å²) in [4.78, 5) is 23.6. The highest BCUT2D eigenvalue weighted by Crippen LogP contribution is 2.15. The highest BCUT2D eigenvalue weighted by atomic mass is 35.5. The molecule has 6 heteroatoms.